The number of amides is 1. The quantitative estimate of drug-likeness (QED) is 0.806. The summed E-state index contributed by atoms with van der Waals surface area (Å²) in [4.78, 5) is 22.0. The van der Waals surface area contributed by atoms with Crippen molar-refractivity contribution in [2.24, 2.45) is 5.73 Å². The summed E-state index contributed by atoms with van der Waals surface area (Å²) in [6.07, 6.45) is -3.43. The van der Waals surface area contributed by atoms with Crippen molar-refractivity contribution in [3.8, 4) is 0 Å². The minimum absolute atomic E-state index is 0.0862. The molecule has 3 heterocycles. The van der Waals surface area contributed by atoms with Crippen LogP contribution in [0.3, 0.4) is 0 Å². The molecule has 0 saturated carbocycles. The summed E-state index contributed by atoms with van der Waals surface area (Å²) in [5.74, 6) is 0.444. The predicted octanol–water partition coefficient (Wildman–Crippen LogP) is 1.55. The minimum atomic E-state index is -4.46. The molecule has 7 nitrogen and oxygen atoms in total. The molecule has 2 aromatic heterocycles. The van der Waals surface area contributed by atoms with E-state index in [1.807, 2.05) is 6.92 Å². The van der Waals surface area contributed by atoms with Crippen LogP contribution in [-0.4, -0.2) is 51.1 Å². The lowest BCUT2D eigenvalue weighted by molar-refractivity contribution is -0.137. The summed E-state index contributed by atoms with van der Waals surface area (Å²) < 4.78 is 45.5. The summed E-state index contributed by atoms with van der Waals surface area (Å²) in [6.45, 7) is 3.61. The number of pyridine rings is 1. The number of aromatic nitrogens is 3. The van der Waals surface area contributed by atoms with E-state index in [0.29, 0.717) is 31.2 Å². The van der Waals surface area contributed by atoms with Crippen LogP contribution in [0, 0.1) is 0 Å². The predicted molar refractivity (Wildman–Crippen MR) is 87.0 cm³/mol. The Bertz CT molecular complexity index is 803. The Morgan fingerprint density at radius 3 is 2.88 bits per heavy atom. The van der Waals surface area contributed by atoms with Crippen molar-refractivity contribution in [3.63, 3.8) is 0 Å². The number of hydrogen-bond acceptors (Lipinski definition) is 5. The molecule has 1 aliphatic rings. The molecule has 26 heavy (non-hydrogen) atoms. The van der Waals surface area contributed by atoms with E-state index in [0.717, 1.165) is 12.3 Å². The van der Waals surface area contributed by atoms with Crippen LogP contribution in [0.25, 0.3) is 11.2 Å². The van der Waals surface area contributed by atoms with Crippen molar-refractivity contribution in [1.29, 1.82) is 0 Å². The van der Waals surface area contributed by atoms with Gasteiger partial charge in [0.25, 0.3) is 0 Å². The van der Waals surface area contributed by atoms with E-state index in [9.17, 15) is 18.0 Å². The van der Waals surface area contributed by atoms with Gasteiger partial charge in [0.2, 0.25) is 5.91 Å². The first-order valence-electron chi connectivity index (χ1n) is 8.29. The van der Waals surface area contributed by atoms with Crippen LogP contribution in [0.2, 0.25) is 0 Å². The van der Waals surface area contributed by atoms with Gasteiger partial charge in [-0.15, -0.1) is 0 Å². The number of fused-ring (bicyclic) bond motifs is 3. The molecule has 1 atom stereocenters. The zero-order valence-corrected chi connectivity index (χ0v) is 14.3. The number of carbonyl (C=O) groups is 1. The second-order valence-electron chi connectivity index (χ2n) is 6.36. The summed E-state index contributed by atoms with van der Waals surface area (Å²) in [5.41, 5.74) is 5.33. The molecule has 10 heteroatoms. The van der Waals surface area contributed by atoms with Gasteiger partial charge in [0.15, 0.2) is 5.65 Å². The molecule has 0 spiro atoms. The lowest BCUT2D eigenvalue weighted by Crippen LogP contribution is -2.39. The number of alkyl halides is 3. The molecular weight excluding hydrogens is 351 g/mol. The fraction of sp³-hybridized carbons (Fsp3) is 0.562. The molecular formula is C16H20F3N5O2. The molecule has 2 aromatic rings. The van der Waals surface area contributed by atoms with Crippen LogP contribution >= 0.6 is 0 Å². The van der Waals surface area contributed by atoms with Gasteiger partial charge in [0, 0.05) is 25.3 Å². The number of rotatable bonds is 5. The second-order valence-corrected chi connectivity index (χ2v) is 6.36. The first kappa shape index (κ1) is 18.6. The molecule has 1 amide bonds. The lowest BCUT2D eigenvalue weighted by Gasteiger charge is -2.27. The molecule has 0 aromatic carbocycles. The zero-order chi connectivity index (χ0) is 18.9. The second kappa shape index (κ2) is 7.20. The van der Waals surface area contributed by atoms with E-state index in [1.165, 1.54) is 0 Å². The summed E-state index contributed by atoms with van der Waals surface area (Å²) in [6, 6.07) is 0.899. The molecule has 0 aliphatic carbocycles. The molecule has 142 valence electrons. The van der Waals surface area contributed by atoms with Gasteiger partial charge in [0.1, 0.15) is 11.3 Å². The molecule has 0 radical (unpaired) electrons. The highest BCUT2D eigenvalue weighted by atomic mass is 19.4. The van der Waals surface area contributed by atoms with Crippen LogP contribution < -0.4 is 5.73 Å². The summed E-state index contributed by atoms with van der Waals surface area (Å²) >= 11 is 0. The van der Waals surface area contributed by atoms with Crippen LogP contribution in [0.5, 0.6) is 0 Å². The number of nitrogens with two attached hydrogens (primary N) is 1. The summed E-state index contributed by atoms with van der Waals surface area (Å²) in [7, 11) is 0. The smallest absolute Gasteiger partial charge is 0.379 e. The van der Waals surface area contributed by atoms with Gasteiger partial charge in [-0.1, -0.05) is 0 Å². The third-order valence-corrected chi connectivity index (χ3v) is 4.11. The number of imidazole rings is 1. The molecule has 1 aliphatic heterocycles. The molecule has 0 bridgehead atoms. The van der Waals surface area contributed by atoms with Crippen molar-refractivity contribution in [2.45, 2.75) is 38.7 Å². The standard InChI is InChI=1S/C16H20F3N5O2/c1-10(20)9-26-5-2-14(25)23-3-4-24-13(8-23)22-12-6-11(16(17,18)19)7-21-15(12)24/h6-7,10H,2-5,8-9,20H2,1H3/t10-/m0/s1. The van der Waals surface area contributed by atoms with Gasteiger partial charge in [-0.2, -0.15) is 13.2 Å². The Morgan fingerprint density at radius 1 is 1.42 bits per heavy atom. The van der Waals surface area contributed by atoms with Crippen molar-refractivity contribution in [1.82, 2.24) is 19.4 Å². The van der Waals surface area contributed by atoms with E-state index < -0.39 is 11.7 Å². The largest absolute Gasteiger partial charge is 0.417 e. The van der Waals surface area contributed by atoms with Gasteiger partial charge in [-0.3, -0.25) is 4.79 Å². The third kappa shape index (κ3) is 3.96. The maximum Gasteiger partial charge on any atom is 0.417 e. The average molecular weight is 371 g/mol. The number of ether oxygens (including phenoxy) is 1. The Morgan fingerprint density at radius 2 is 2.19 bits per heavy atom. The molecule has 2 N–H and O–H groups in total. The van der Waals surface area contributed by atoms with Crippen molar-refractivity contribution < 1.29 is 22.7 Å². The maximum absolute atomic E-state index is 12.8. The maximum atomic E-state index is 12.8. The number of hydrogen-bond donors (Lipinski definition) is 1. The number of halogens is 3. The highest BCUT2D eigenvalue weighted by Gasteiger charge is 2.32. The van der Waals surface area contributed by atoms with Crippen LogP contribution in [0.1, 0.15) is 24.7 Å². The van der Waals surface area contributed by atoms with E-state index in [1.54, 1.807) is 9.47 Å². The van der Waals surface area contributed by atoms with Crippen LogP contribution in [0.4, 0.5) is 13.2 Å². The van der Waals surface area contributed by atoms with E-state index in [-0.39, 0.29) is 37.0 Å². The van der Waals surface area contributed by atoms with E-state index in [2.05, 4.69) is 9.97 Å². The summed E-state index contributed by atoms with van der Waals surface area (Å²) in [5, 5.41) is 0. The van der Waals surface area contributed by atoms with Gasteiger partial charge < -0.3 is 19.9 Å². The SMILES string of the molecule is C[C@H](N)COCCC(=O)N1CCn2c(nc3cc(C(F)(F)F)cnc32)C1. The average Bonchev–Trinajstić information content (AvgIpc) is 2.94. The fourth-order valence-corrected chi connectivity index (χ4v) is 2.84. The Labute approximate surface area is 147 Å². The van der Waals surface area contributed by atoms with E-state index >= 15 is 0 Å². The highest BCUT2D eigenvalue weighted by molar-refractivity contribution is 5.77. The molecule has 0 saturated heterocycles. The van der Waals surface area contributed by atoms with Crippen molar-refractivity contribution in [3.05, 3.63) is 23.7 Å². The Balaban J connectivity index is 1.69. The minimum Gasteiger partial charge on any atom is -0.379 e. The van der Waals surface area contributed by atoms with Crippen molar-refractivity contribution in [2.75, 3.05) is 19.8 Å². The molecule has 0 unspecified atom stereocenters. The normalized spacial score (nSPS) is 16.0. The van der Waals surface area contributed by atoms with Gasteiger partial charge in [-0.25, -0.2) is 9.97 Å². The number of nitrogens with zero attached hydrogens (tertiary/aromatic N) is 4. The monoisotopic (exact) mass is 371 g/mol. The first-order valence-corrected chi connectivity index (χ1v) is 8.29. The Kier molecular flexibility index (Phi) is 5.15. The van der Waals surface area contributed by atoms with Crippen LogP contribution in [-0.2, 0) is 28.8 Å². The van der Waals surface area contributed by atoms with Gasteiger partial charge >= 0.3 is 6.18 Å². The third-order valence-electron chi connectivity index (χ3n) is 4.11. The lowest BCUT2D eigenvalue weighted by atomic mass is 10.2. The van der Waals surface area contributed by atoms with Crippen LogP contribution in [0.15, 0.2) is 12.3 Å². The number of carbonyl (C=O) groups excluding carboxylic acids is 1. The topological polar surface area (TPSA) is 86.3 Å². The first-order chi connectivity index (χ1) is 12.3. The zero-order valence-electron chi connectivity index (χ0n) is 14.3. The van der Waals surface area contributed by atoms with Crippen molar-refractivity contribution >= 4 is 17.1 Å². The fourth-order valence-electron chi connectivity index (χ4n) is 2.84. The van der Waals surface area contributed by atoms with Gasteiger partial charge in [0.05, 0.1) is 31.7 Å². The van der Waals surface area contributed by atoms with E-state index in [4.69, 9.17) is 10.5 Å². The highest BCUT2D eigenvalue weighted by Crippen LogP contribution is 2.31. The van der Waals surface area contributed by atoms with Gasteiger partial charge in [-0.05, 0) is 13.0 Å². The molecule has 0 fully saturated rings. The Hall–Kier alpha value is -2.20. The molecule has 3 rings (SSSR count).